The number of hydrogen-bond acceptors (Lipinski definition) is 1. The number of hydrogen-bond donors (Lipinski definition) is 1. The van der Waals surface area contributed by atoms with Crippen molar-refractivity contribution >= 4 is 5.57 Å². The van der Waals surface area contributed by atoms with Crippen LogP contribution < -0.4 is 5.32 Å². The summed E-state index contributed by atoms with van der Waals surface area (Å²) in [4.78, 5) is 0. The minimum Gasteiger partial charge on any atom is -0.313 e. The summed E-state index contributed by atoms with van der Waals surface area (Å²) in [6.07, 6.45) is 0. The molecule has 13 heavy (non-hydrogen) atoms. The highest BCUT2D eigenvalue weighted by atomic mass is 14.9. The highest BCUT2D eigenvalue weighted by Gasteiger charge is 2.04. The molecule has 70 valence electrons. The van der Waals surface area contributed by atoms with E-state index in [-0.39, 0.29) is 0 Å². The second-order valence-electron chi connectivity index (χ2n) is 3.40. The summed E-state index contributed by atoms with van der Waals surface area (Å²) in [7, 11) is 1.95. The van der Waals surface area contributed by atoms with Gasteiger partial charge < -0.3 is 5.32 Å². The predicted octanol–water partition coefficient (Wildman–Crippen LogP) is 2.62. The first-order valence-electron chi connectivity index (χ1n) is 4.58. The molecular formula is C12H17N. The van der Waals surface area contributed by atoms with Crippen molar-refractivity contribution in [3.63, 3.8) is 0 Å². The Hall–Kier alpha value is -1.08. The molecule has 0 aliphatic carbocycles. The van der Waals surface area contributed by atoms with Crippen LogP contribution in [0.2, 0.25) is 0 Å². The zero-order valence-electron chi connectivity index (χ0n) is 8.59. The molecule has 1 nitrogen and oxygen atoms in total. The van der Waals surface area contributed by atoms with E-state index >= 15 is 0 Å². The molecule has 1 aromatic rings. The van der Waals surface area contributed by atoms with E-state index in [1.807, 2.05) is 7.05 Å². The van der Waals surface area contributed by atoms with Gasteiger partial charge >= 0.3 is 0 Å². The largest absolute Gasteiger partial charge is 0.313 e. The van der Waals surface area contributed by atoms with Gasteiger partial charge in [0.15, 0.2) is 0 Å². The van der Waals surface area contributed by atoms with Crippen LogP contribution in [0.15, 0.2) is 30.8 Å². The Kier molecular flexibility index (Phi) is 3.26. The second kappa shape index (κ2) is 4.24. The molecule has 1 atom stereocenters. The van der Waals surface area contributed by atoms with Crippen LogP contribution in [-0.2, 0) is 0 Å². The predicted molar refractivity (Wildman–Crippen MR) is 58.7 cm³/mol. The van der Waals surface area contributed by atoms with Crippen molar-refractivity contribution in [1.29, 1.82) is 0 Å². The molecule has 1 aromatic carbocycles. The normalized spacial score (nSPS) is 12.5. The fourth-order valence-electron chi connectivity index (χ4n) is 1.19. The van der Waals surface area contributed by atoms with E-state index < -0.39 is 0 Å². The van der Waals surface area contributed by atoms with Gasteiger partial charge in [0, 0.05) is 6.04 Å². The summed E-state index contributed by atoms with van der Waals surface area (Å²) in [6, 6.07) is 8.80. The van der Waals surface area contributed by atoms with Crippen molar-refractivity contribution in [2.45, 2.75) is 19.9 Å². The van der Waals surface area contributed by atoms with Crippen molar-refractivity contribution in [2.24, 2.45) is 0 Å². The molecule has 0 spiro atoms. The summed E-state index contributed by atoms with van der Waals surface area (Å²) >= 11 is 0. The maximum absolute atomic E-state index is 4.06. The first kappa shape index (κ1) is 10.0. The van der Waals surface area contributed by atoms with Crippen molar-refractivity contribution in [1.82, 2.24) is 5.32 Å². The highest BCUT2D eigenvalue weighted by molar-refractivity contribution is 5.67. The standard InChI is InChI=1S/C12H17N/c1-9-5-7-12(8-6-9)10(2)11(3)13-4/h5-8,11,13H,2H2,1,3-4H3. The Balaban J connectivity index is 2.83. The van der Waals surface area contributed by atoms with Crippen LogP contribution in [0, 0.1) is 6.92 Å². The smallest absolute Gasteiger partial charge is 0.0289 e. The Morgan fingerprint density at radius 1 is 1.31 bits per heavy atom. The van der Waals surface area contributed by atoms with Crippen LogP contribution in [0.5, 0.6) is 0 Å². The molecule has 1 N–H and O–H groups in total. The monoisotopic (exact) mass is 175 g/mol. The first-order chi connectivity index (χ1) is 6.15. The van der Waals surface area contributed by atoms with Crippen molar-refractivity contribution in [3.05, 3.63) is 42.0 Å². The van der Waals surface area contributed by atoms with Crippen molar-refractivity contribution in [3.8, 4) is 0 Å². The van der Waals surface area contributed by atoms with Crippen molar-refractivity contribution in [2.75, 3.05) is 7.05 Å². The molecule has 0 amide bonds. The minimum atomic E-state index is 0.336. The van der Waals surface area contributed by atoms with Gasteiger partial charge in [-0.3, -0.25) is 0 Å². The van der Waals surface area contributed by atoms with Gasteiger partial charge in [-0.05, 0) is 32.0 Å². The van der Waals surface area contributed by atoms with Gasteiger partial charge in [-0.1, -0.05) is 36.4 Å². The van der Waals surface area contributed by atoms with Crippen molar-refractivity contribution < 1.29 is 0 Å². The maximum atomic E-state index is 4.06. The van der Waals surface area contributed by atoms with Crippen LogP contribution in [0.25, 0.3) is 5.57 Å². The van der Waals surface area contributed by atoms with Gasteiger partial charge in [0.25, 0.3) is 0 Å². The molecule has 0 aliphatic heterocycles. The lowest BCUT2D eigenvalue weighted by Gasteiger charge is -2.13. The molecule has 1 heteroatoms. The average molecular weight is 175 g/mol. The Morgan fingerprint density at radius 2 is 1.85 bits per heavy atom. The molecule has 0 heterocycles. The third kappa shape index (κ3) is 2.43. The Labute approximate surface area is 80.5 Å². The van der Waals surface area contributed by atoms with E-state index in [9.17, 15) is 0 Å². The van der Waals surface area contributed by atoms with Gasteiger partial charge in [0.2, 0.25) is 0 Å². The number of rotatable bonds is 3. The number of likely N-dealkylation sites (N-methyl/N-ethyl adjacent to an activating group) is 1. The SMILES string of the molecule is C=C(c1ccc(C)cc1)C(C)NC. The maximum Gasteiger partial charge on any atom is 0.0289 e. The fraction of sp³-hybridized carbons (Fsp3) is 0.333. The summed E-state index contributed by atoms with van der Waals surface area (Å²) in [6.45, 7) is 8.27. The van der Waals surface area contributed by atoms with Crippen LogP contribution in [-0.4, -0.2) is 13.1 Å². The molecule has 1 rings (SSSR count). The number of aryl methyl sites for hydroxylation is 1. The van der Waals surface area contributed by atoms with Gasteiger partial charge in [0.05, 0.1) is 0 Å². The average Bonchev–Trinajstić information content (AvgIpc) is 2.17. The van der Waals surface area contributed by atoms with Gasteiger partial charge in [-0.25, -0.2) is 0 Å². The van der Waals surface area contributed by atoms with Crippen LogP contribution in [0.3, 0.4) is 0 Å². The molecule has 0 aromatic heterocycles. The Bertz CT molecular complexity index is 284. The van der Waals surface area contributed by atoms with E-state index in [0.29, 0.717) is 6.04 Å². The Morgan fingerprint density at radius 3 is 2.31 bits per heavy atom. The molecule has 0 bridgehead atoms. The lowest BCUT2D eigenvalue weighted by Crippen LogP contribution is -2.22. The highest BCUT2D eigenvalue weighted by Crippen LogP contribution is 2.16. The lowest BCUT2D eigenvalue weighted by atomic mass is 10.0. The molecule has 0 saturated carbocycles. The zero-order chi connectivity index (χ0) is 9.84. The molecule has 1 unspecified atom stereocenters. The van der Waals surface area contributed by atoms with E-state index in [1.54, 1.807) is 0 Å². The minimum absolute atomic E-state index is 0.336. The van der Waals surface area contributed by atoms with E-state index in [1.165, 1.54) is 11.1 Å². The number of benzene rings is 1. The molecule has 0 saturated heterocycles. The third-order valence-corrected chi connectivity index (χ3v) is 2.38. The quantitative estimate of drug-likeness (QED) is 0.744. The van der Waals surface area contributed by atoms with Crippen LogP contribution in [0.1, 0.15) is 18.1 Å². The zero-order valence-corrected chi connectivity index (χ0v) is 8.59. The van der Waals surface area contributed by atoms with Gasteiger partial charge in [-0.2, -0.15) is 0 Å². The van der Waals surface area contributed by atoms with E-state index in [2.05, 4.69) is 50.0 Å². The topological polar surface area (TPSA) is 12.0 Å². The summed E-state index contributed by atoms with van der Waals surface area (Å²) in [5.74, 6) is 0. The number of nitrogens with one attached hydrogen (secondary N) is 1. The molecular weight excluding hydrogens is 158 g/mol. The van der Waals surface area contributed by atoms with Crippen LogP contribution in [0.4, 0.5) is 0 Å². The summed E-state index contributed by atoms with van der Waals surface area (Å²) in [5, 5.41) is 3.18. The van der Waals surface area contributed by atoms with E-state index in [0.717, 1.165) is 5.57 Å². The summed E-state index contributed by atoms with van der Waals surface area (Å²) in [5.41, 5.74) is 3.64. The van der Waals surface area contributed by atoms with Gasteiger partial charge in [0.1, 0.15) is 0 Å². The molecule has 0 aliphatic rings. The van der Waals surface area contributed by atoms with E-state index in [4.69, 9.17) is 0 Å². The molecule has 0 fully saturated rings. The second-order valence-corrected chi connectivity index (χ2v) is 3.40. The summed E-state index contributed by atoms with van der Waals surface area (Å²) < 4.78 is 0. The fourth-order valence-corrected chi connectivity index (χ4v) is 1.19. The van der Waals surface area contributed by atoms with Crippen LogP contribution >= 0.6 is 0 Å². The first-order valence-corrected chi connectivity index (χ1v) is 4.58. The third-order valence-electron chi connectivity index (χ3n) is 2.38. The lowest BCUT2D eigenvalue weighted by molar-refractivity contribution is 0.746. The van der Waals surface area contributed by atoms with Gasteiger partial charge in [-0.15, -0.1) is 0 Å². The molecule has 0 radical (unpaired) electrons.